The largest absolute Gasteiger partial charge is 0.351 e. The van der Waals surface area contributed by atoms with Gasteiger partial charge in [-0.3, -0.25) is 4.79 Å². The Labute approximate surface area is 174 Å². The van der Waals surface area contributed by atoms with E-state index in [1.165, 1.54) is 17.7 Å². The minimum absolute atomic E-state index is 0.171. The maximum atomic E-state index is 13.7. The molecule has 0 radical (unpaired) electrons. The summed E-state index contributed by atoms with van der Waals surface area (Å²) in [5.41, 5.74) is 4.17. The number of amides is 1. The summed E-state index contributed by atoms with van der Waals surface area (Å²) in [6, 6.07) is 18.0. The van der Waals surface area contributed by atoms with Crippen LogP contribution in [0.15, 0.2) is 60.7 Å². The van der Waals surface area contributed by atoms with Crippen molar-refractivity contribution in [3.8, 4) is 5.69 Å². The summed E-state index contributed by atoms with van der Waals surface area (Å²) < 4.78 is 15.3. The maximum Gasteiger partial charge on any atom is 0.252 e. The first kappa shape index (κ1) is 19.8. The van der Waals surface area contributed by atoms with E-state index in [1.54, 1.807) is 22.9 Å². The molecule has 0 aliphatic carbocycles. The summed E-state index contributed by atoms with van der Waals surface area (Å²) in [5.74, 6) is -0.339. The normalized spacial score (nSPS) is 12.1. The highest BCUT2D eigenvalue weighted by atomic mass is 19.1. The fourth-order valence-electron chi connectivity index (χ4n) is 3.62. The second kappa shape index (κ2) is 8.06. The van der Waals surface area contributed by atoms with Gasteiger partial charge in [-0.05, 0) is 49.6 Å². The molecule has 0 fully saturated rings. The first-order chi connectivity index (χ1) is 14.4. The molecule has 1 amide bonds. The number of nitrogens with one attached hydrogen (secondary N) is 1. The smallest absolute Gasteiger partial charge is 0.252 e. The third-order valence-corrected chi connectivity index (χ3v) is 5.18. The standard InChI is InChI=1S/C24H23FN4O/c1-15(18-8-5-4-6-9-18)14-26-24(30)21-12-16(2)27-23-22(21)17(3)28-29(23)20-11-7-10-19(25)13-20/h4-13,15H,14H2,1-3H3,(H,26,30)/t15-/m0/s1. The quantitative estimate of drug-likeness (QED) is 0.526. The molecule has 2 aromatic carbocycles. The van der Waals surface area contributed by atoms with Crippen molar-refractivity contribution >= 4 is 16.9 Å². The molecule has 2 heterocycles. The molecular weight excluding hydrogens is 379 g/mol. The molecule has 0 aliphatic rings. The van der Waals surface area contributed by atoms with Gasteiger partial charge in [-0.25, -0.2) is 14.1 Å². The first-order valence-electron chi connectivity index (χ1n) is 9.90. The summed E-state index contributed by atoms with van der Waals surface area (Å²) in [6.07, 6.45) is 0. The number of nitrogens with zero attached hydrogens (tertiary/aromatic N) is 3. The van der Waals surface area contributed by atoms with Crippen LogP contribution in [-0.2, 0) is 0 Å². The van der Waals surface area contributed by atoms with E-state index in [0.29, 0.717) is 40.2 Å². The Kier molecular flexibility index (Phi) is 5.31. The van der Waals surface area contributed by atoms with Crippen LogP contribution in [0.3, 0.4) is 0 Å². The van der Waals surface area contributed by atoms with Gasteiger partial charge in [0.2, 0.25) is 0 Å². The molecule has 0 aliphatic heterocycles. The van der Waals surface area contributed by atoms with Gasteiger partial charge in [-0.2, -0.15) is 5.10 Å². The van der Waals surface area contributed by atoms with Crippen LogP contribution in [0.25, 0.3) is 16.7 Å². The zero-order valence-corrected chi connectivity index (χ0v) is 17.2. The van der Waals surface area contributed by atoms with Crippen molar-refractivity contribution in [1.82, 2.24) is 20.1 Å². The van der Waals surface area contributed by atoms with Crippen LogP contribution >= 0.6 is 0 Å². The van der Waals surface area contributed by atoms with Gasteiger partial charge in [0, 0.05) is 12.2 Å². The van der Waals surface area contributed by atoms with Crippen molar-refractivity contribution in [3.63, 3.8) is 0 Å². The molecule has 0 bridgehead atoms. The second-order valence-electron chi connectivity index (χ2n) is 7.51. The van der Waals surface area contributed by atoms with Crippen molar-refractivity contribution in [2.75, 3.05) is 6.54 Å². The van der Waals surface area contributed by atoms with E-state index in [-0.39, 0.29) is 17.6 Å². The first-order valence-corrected chi connectivity index (χ1v) is 9.90. The van der Waals surface area contributed by atoms with Crippen LogP contribution in [0.1, 0.15) is 40.2 Å². The minimum Gasteiger partial charge on any atom is -0.351 e. The number of aryl methyl sites for hydroxylation is 2. The van der Waals surface area contributed by atoms with Gasteiger partial charge < -0.3 is 5.32 Å². The molecule has 5 nitrogen and oxygen atoms in total. The number of hydrogen-bond acceptors (Lipinski definition) is 3. The summed E-state index contributed by atoms with van der Waals surface area (Å²) in [4.78, 5) is 17.6. The molecule has 0 unspecified atom stereocenters. The van der Waals surface area contributed by atoms with Gasteiger partial charge in [0.05, 0.1) is 22.3 Å². The molecule has 0 saturated carbocycles. The summed E-state index contributed by atoms with van der Waals surface area (Å²) in [6.45, 7) is 6.26. The van der Waals surface area contributed by atoms with Crippen molar-refractivity contribution in [3.05, 3.63) is 89.0 Å². The molecule has 4 rings (SSSR count). The number of benzene rings is 2. The maximum absolute atomic E-state index is 13.7. The average Bonchev–Trinajstić information content (AvgIpc) is 3.08. The highest BCUT2D eigenvalue weighted by Crippen LogP contribution is 2.25. The van der Waals surface area contributed by atoms with Crippen LogP contribution in [0.4, 0.5) is 4.39 Å². The highest BCUT2D eigenvalue weighted by molar-refractivity contribution is 6.06. The van der Waals surface area contributed by atoms with Crippen molar-refractivity contribution in [2.45, 2.75) is 26.7 Å². The molecule has 6 heteroatoms. The SMILES string of the molecule is Cc1cc(C(=O)NC[C@H](C)c2ccccc2)c2c(C)nn(-c3cccc(F)c3)c2n1. The lowest BCUT2D eigenvalue weighted by Gasteiger charge is -2.14. The van der Waals surface area contributed by atoms with Crippen LogP contribution in [0.2, 0.25) is 0 Å². The molecule has 0 spiro atoms. The number of carbonyl (C=O) groups is 1. The van der Waals surface area contributed by atoms with E-state index < -0.39 is 0 Å². The lowest BCUT2D eigenvalue weighted by Crippen LogP contribution is -2.28. The number of pyridine rings is 1. The number of aromatic nitrogens is 3. The molecule has 30 heavy (non-hydrogen) atoms. The van der Waals surface area contributed by atoms with Gasteiger partial charge in [0.25, 0.3) is 5.91 Å². The van der Waals surface area contributed by atoms with Gasteiger partial charge in [0.15, 0.2) is 5.65 Å². The van der Waals surface area contributed by atoms with E-state index in [9.17, 15) is 9.18 Å². The van der Waals surface area contributed by atoms with E-state index >= 15 is 0 Å². The van der Waals surface area contributed by atoms with Gasteiger partial charge in [-0.1, -0.05) is 43.3 Å². The Balaban J connectivity index is 1.68. The van der Waals surface area contributed by atoms with Gasteiger partial charge in [0.1, 0.15) is 5.82 Å². The minimum atomic E-state index is -0.352. The predicted molar refractivity (Wildman–Crippen MR) is 115 cm³/mol. The zero-order valence-electron chi connectivity index (χ0n) is 17.2. The summed E-state index contributed by atoms with van der Waals surface area (Å²) in [7, 11) is 0. The zero-order chi connectivity index (χ0) is 21.3. The number of halogens is 1. The van der Waals surface area contributed by atoms with E-state index in [0.717, 1.165) is 0 Å². The molecule has 4 aromatic rings. The van der Waals surface area contributed by atoms with Crippen molar-refractivity contribution in [2.24, 2.45) is 0 Å². The topological polar surface area (TPSA) is 59.8 Å². The number of carbonyl (C=O) groups excluding carboxylic acids is 1. The van der Waals surface area contributed by atoms with Crippen LogP contribution < -0.4 is 5.32 Å². The van der Waals surface area contributed by atoms with Gasteiger partial charge in [-0.15, -0.1) is 0 Å². The molecule has 152 valence electrons. The van der Waals surface area contributed by atoms with Crippen molar-refractivity contribution in [1.29, 1.82) is 0 Å². The number of rotatable bonds is 5. The lowest BCUT2D eigenvalue weighted by atomic mass is 10.0. The van der Waals surface area contributed by atoms with Crippen LogP contribution in [0, 0.1) is 19.7 Å². The summed E-state index contributed by atoms with van der Waals surface area (Å²) in [5, 5.41) is 8.25. The number of hydrogen-bond donors (Lipinski definition) is 1. The Morgan fingerprint density at radius 2 is 1.87 bits per heavy atom. The third-order valence-electron chi connectivity index (χ3n) is 5.18. The van der Waals surface area contributed by atoms with E-state index in [2.05, 4.69) is 34.5 Å². The lowest BCUT2D eigenvalue weighted by molar-refractivity contribution is 0.0953. The average molecular weight is 402 g/mol. The van der Waals surface area contributed by atoms with E-state index in [1.807, 2.05) is 32.0 Å². The molecule has 1 N–H and O–H groups in total. The monoisotopic (exact) mass is 402 g/mol. The molecule has 1 atom stereocenters. The Morgan fingerprint density at radius 3 is 2.60 bits per heavy atom. The molecular formula is C24H23FN4O. The van der Waals surface area contributed by atoms with Crippen molar-refractivity contribution < 1.29 is 9.18 Å². The van der Waals surface area contributed by atoms with E-state index in [4.69, 9.17) is 0 Å². The second-order valence-corrected chi connectivity index (χ2v) is 7.51. The van der Waals surface area contributed by atoms with Crippen LogP contribution in [-0.4, -0.2) is 27.2 Å². The van der Waals surface area contributed by atoms with Gasteiger partial charge >= 0.3 is 0 Å². The molecule has 0 saturated heterocycles. The Bertz CT molecular complexity index is 1220. The van der Waals surface area contributed by atoms with Crippen LogP contribution in [0.5, 0.6) is 0 Å². The predicted octanol–water partition coefficient (Wildman–Crippen LogP) is 4.71. The third kappa shape index (κ3) is 3.81. The fraction of sp³-hybridized carbons (Fsp3) is 0.208. The highest BCUT2D eigenvalue weighted by Gasteiger charge is 2.20. The summed E-state index contributed by atoms with van der Waals surface area (Å²) >= 11 is 0. The Morgan fingerprint density at radius 1 is 1.10 bits per heavy atom. The number of fused-ring (bicyclic) bond motifs is 1. The molecule has 2 aromatic heterocycles. The fourth-order valence-corrected chi connectivity index (χ4v) is 3.62. The Hall–Kier alpha value is -3.54.